The van der Waals surface area contributed by atoms with Crippen LogP contribution in [0.3, 0.4) is 0 Å². The number of aryl methyl sites for hydroxylation is 2. The summed E-state index contributed by atoms with van der Waals surface area (Å²) in [5.74, 6) is 1.60. The fourth-order valence-corrected chi connectivity index (χ4v) is 4.19. The Kier molecular flexibility index (Phi) is 5.57. The monoisotopic (exact) mass is 433 g/mol. The standard InChI is InChI=1S/C29H27N3O/c1-21-14-22(2)16-25(15-21)23-10-11-30-29(18-23)24-6-4-8-27(17-24)33-28-9-5-7-26(19-28)32-13-12-31(3)20-32/h4-19H,20H2,1-3H3. The van der Waals surface area contributed by atoms with E-state index in [9.17, 15) is 0 Å². The van der Waals surface area contributed by atoms with Crippen LogP contribution in [0.2, 0.25) is 0 Å². The van der Waals surface area contributed by atoms with Gasteiger partial charge in [-0.05, 0) is 61.4 Å². The highest BCUT2D eigenvalue weighted by atomic mass is 16.5. The van der Waals surface area contributed by atoms with Crippen LogP contribution in [-0.2, 0) is 0 Å². The topological polar surface area (TPSA) is 28.6 Å². The van der Waals surface area contributed by atoms with Crippen LogP contribution in [0.15, 0.2) is 97.5 Å². The summed E-state index contributed by atoms with van der Waals surface area (Å²) >= 11 is 0. The van der Waals surface area contributed by atoms with Crippen molar-refractivity contribution in [3.8, 4) is 33.9 Å². The van der Waals surface area contributed by atoms with Gasteiger partial charge in [-0.25, -0.2) is 0 Å². The minimum atomic E-state index is 0.789. The maximum Gasteiger partial charge on any atom is 0.129 e. The first-order valence-electron chi connectivity index (χ1n) is 11.1. The Bertz CT molecular complexity index is 1310. The summed E-state index contributed by atoms with van der Waals surface area (Å²) in [6.45, 7) is 5.10. The molecule has 4 aromatic rings. The van der Waals surface area contributed by atoms with Gasteiger partial charge in [0.05, 0.1) is 12.4 Å². The van der Waals surface area contributed by atoms with Gasteiger partial charge in [-0.1, -0.05) is 47.5 Å². The van der Waals surface area contributed by atoms with Crippen molar-refractivity contribution in [2.24, 2.45) is 0 Å². The zero-order valence-corrected chi connectivity index (χ0v) is 19.2. The summed E-state index contributed by atoms with van der Waals surface area (Å²) in [4.78, 5) is 8.95. The first kappa shape index (κ1) is 20.8. The second kappa shape index (κ2) is 8.83. The molecule has 4 nitrogen and oxygen atoms in total. The van der Waals surface area contributed by atoms with E-state index in [1.165, 1.54) is 16.7 Å². The maximum atomic E-state index is 6.22. The number of anilines is 1. The molecule has 164 valence electrons. The molecule has 0 aliphatic carbocycles. The van der Waals surface area contributed by atoms with Crippen molar-refractivity contribution >= 4 is 5.69 Å². The van der Waals surface area contributed by atoms with Gasteiger partial charge in [0.1, 0.15) is 11.5 Å². The number of benzene rings is 3. The molecule has 2 heterocycles. The molecule has 0 spiro atoms. The molecule has 0 bridgehead atoms. The molecule has 0 saturated carbocycles. The summed E-state index contributed by atoms with van der Waals surface area (Å²) in [7, 11) is 2.06. The number of nitrogens with zero attached hydrogens (tertiary/aromatic N) is 3. The number of hydrogen-bond donors (Lipinski definition) is 0. The van der Waals surface area contributed by atoms with Crippen LogP contribution in [0, 0.1) is 13.8 Å². The van der Waals surface area contributed by atoms with Crippen LogP contribution in [0.5, 0.6) is 11.5 Å². The van der Waals surface area contributed by atoms with E-state index in [-0.39, 0.29) is 0 Å². The van der Waals surface area contributed by atoms with Crippen molar-refractivity contribution in [3.63, 3.8) is 0 Å². The van der Waals surface area contributed by atoms with Gasteiger partial charge >= 0.3 is 0 Å². The van der Waals surface area contributed by atoms with E-state index in [2.05, 4.69) is 96.6 Å². The highest BCUT2D eigenvalue weighted by Gasteiger charge is 2.12. The van der Waals surface area contributed by atoms with E-state index >= 15 is 0 Å². The van der Waals surface area contributed by atoms with Crippen molar-refractivity contribution in [2.45, 2.75) is 13.8 Å². The average molecular weight is 434 g/mol. The molecular formula is C29H27N3O. The number of rotatable bonds is 5. The molecule has 3 aromatic carbocycles. The predicted octanol–water partition coefficient (Wildman–Crippen LogP) is 7.01. The third-order valence-corrected chi connectivity index (χ3v) is 5.71. The van der Waals surface area contributed by atoms with E-state index < -0.39 is 0 Å². The fourth-order valence-electron chi connectivity index (χ4n) is 4.19. The Balaban J connectivity index is 1.40. The predicted molar refractivity (Wildman–Crippen MR) is 135 cm³/mol. The lowest BCUT2D eigenvalue weighted by Gasteiger charge is -2.19. The van der Waals surface area contributed by atoms with E-state index in [4.69, 9.17) is 4.74 Å². The first-order valence-corrected chi connectivity index (χ1v) is 11.1. The third-order valence-electron chi connectivity index (χ3n) is 5.71. The molecule has 1 aliphatic rings. The quantitative estimate of drug-likeness (QED) is 0.339. The Morgan fingerprint density at radius 1 is 0.727 bits per heavy atom. The molecular weight excluding hydrogens is 406 g/mol. The zero-order valence-electron chi connectivity index (χ0n) is 19.2. The normalized spacial score (nSPS) is 12.9. The van der Waals surface area contributed by atoms with E-state index in [0.29, 0.717) is 0 Å². The van der Waals surface area contributed by atoms with Gasteiger partial charge in [-0.3, -0.25) is 4.98 Å². The van der Waals surface area contributed by atoms with Crippen LogP contribution in [0.25, 0.3) is 22.4 Å². The van der Waals surface area contributed by atoms with Crippen molar-refractivity contribution in [1.29, 1.82) is 0 Å². The molecule has 33 heavy (non-hydrogen) atoms. The highest BCUT2D eigenvalue weighted by Crippen LogP contribution is 2.31. The van der Waals surface area contributed by atoms with E-state index in [0.717, 1.165) is 40.7 Å². The number of aromatic nitrogens is 1. The molecule has 0 radical (unpaired) electrons. The van der Waals surface area contributed by atoms with Gasteiger partial charge in [0.15, 0.2) is 0 Å². The summed E-state index contributed by atoms with van der Waals surface area (Å²) in [6, 6.07) is 27.1. The summed E-state index contributed by atoms with van der Waals surface area (Å²) in [6.07, 6.45) is 6.02. The summed E-state index contributed by atoms with van der Waals surface area (Å²) in [5.41, 5.74) is 7.95. The number of pyridine rings is 1. The van der Waals surface area contributed by atoms with Gasteiger partial charge in [0.25, 0.3) is 0 Å². The molecule has 0 saturated heterocycles. The average Bonchev–Trinajstić information content (AvgIpc) is 3.25. The van der Waals surface area contributed by atoms with Crippen molar-refractivity contribution in [2.75, 3.05) is 18.6 Å². The first-order chi connectivity index (χ1) is 16.0. The van der Waals surface area contributed by atoms with Crippen LogP contribution in [0.4, 0.5) is 5.69 Å². The minimum absolute atomic E-state index is 0.789. The van der Waals surface area contributed by atoms with E-state index in [1.807, 2.05) is 36.5 Å². The molecule has 0 fully saturated rings. The second-order valence-corrected chi connectivity index (χ2v) is 8.60. The molecule has 1 aliphatic heterocycles. The fraction of sp³-hybridized carbons (Fsp3) is 0.138. The Morgan fingerprint density at radius 2 is 1.48 bits per heavy atom. The lowest BCUT2D eigenvalue weighted by molar-refractivity contribution is 0.481. The summed E-state index contributed by atoms with van der Waals surface area (Å²) in [5, 5.41) is 0. The van der Waals surface area contributed by atoms with Crippen LogP contribution < -0.4 is 9.64 Å². The third kappa shape index (κ3) is 4.75. The van der Waals surface area contributed by atoms with E-state index in [1.54, 1.807) is 0 Å². The Labute approximate surface area is 195 Å². The molecule has 5 rings (SSSR count). The molecule has 0 unspecified atom stereocenters. The largest absolute Gasteiger partial charge is 0.457 e. The molecule has 0 N–H and O–H groups in total. The smallest absolute Gasteiger partial charge is 0.129 e. The molecule has 0 amide bonds. The Hall–Kier alpha value is -4.05. The minimum Gasteiger partial charge on any atom is -0.457 e. The maximum absolute atomic E-state index is 6.22. The van der Waals surface area contributed by atoms with Crippen molar-refractivity contribution < 1.29 is 4.74 Å². The number of hydrogen-bond acceptors (Lipinski definition) is 4. The molecule has 4 heteroatoms. The summed E-state index contributed by atoms with van der Waals surface area (Å²) < 4.78 is 6.22. The molecule has 0 atom stereocenters. The van der Waals surface area contributed by atoms with Crippen molar-refractivity contribution in [1.82, 2.24) is 9.88 Å². The highest BCUT2D eigenvalue weighted by molar-refractivity contribution is 5.71. The van der Waals surface area contributed by atoms with Crippen LogP contribution in [0.1, 0.15) is 11.1 Å². The molecule has 1 aromatic heterocycles. The Morgan fingerprint density at radius 3 is 2.24 bits per heavy atom. The second-order valence-electron chi connectivity index (χ2n) is 8.60. The van der Waals surface area contributed by atoms with Crippen molar-refractivity contribution in [3.05, 3.63) is 109 Å². The van der Waals surface area contributed by atoms with Gasteiger partial charge in [-0.2, -0.15) is 0 Å². The van der Waals surface area contributed by atoms with Gasteiger partial charge in [-0.15, -0.1) is 0 Å². The van der Waals surface area contributed by atoms with Gasteiger partial charge < -0.3 is 14.5 Å². The van der Waals surface area contributed by atoms with Gasteiger partial charge in [0, 0.05) is 43.0 Å². The zero-order chi connectivity index (χ0) is 22.8. The van der Waals surface area contributed by atoms with Gasteiger partial charge in [0.2, 0.25) is 0 Å². The van der Waals surface area contributed by atoms with Crippen LogP contribution in [-0.4, -0.2) is 23.6 Å². The number of ether oxygens (including phenoxy) is 1. The lowest BCUT2D eigenvalue weighted by atomic mass is 10.00. The SMILES string of the molecule is Cc1cc(C)cc(-c2ccnc(-c3cccc(Oc4cccc(N5C=CN(C)C5)c4)c3)c2)c1. The lowest BCUT2D eigenvalue weighted by Crippen LogP contribution is -2.21. The van der Waals surface area contributed by atoms with Crippen LogP contribution >= 0.6 is 0 Å².